The Hall–Kier alpha value is -5.60. The van der Waals surface area contributed by atoms with Crippen molar-refractivity contribution in [3.8, 4) is 44.5 Å². The summed E-state index contributed by atoms with van der Waals surface area (Å²) in [5, 5.41) is 10.4. The molecule has 10 aromatic carbocycles. The van der Waals surface area contributed by atoms with Crippen LogP contribution in [-0.2, 0) is 17.4 Å². The molecule has 0 saturated heterocycles. The van der Waals surface area contributed by atoms with Gasteiger partial charge in [0, 0.05) is 0 Å². The van der Waals surface area contributed by atoms with Crippen LogP contribution in [0, 0.1) is 11.8 Å². The Balaban J connectivity index is 0.00000284. The Morgan fingerprint density at radius 3 is 0.886 bits per heavy atom. The third-order valence-corrected chi connectivity index (χ3v) is 33.2. The smallest absolute Gasteiger partial charge is 0.147 e. The monoisotopic (exact) mass is 1040 g/mol. The maximum Gasteiger partial charge on any atom is -0.147 e. The van der Waals surface area contributed by atoms with E-state index in [1.54, 1.807) is 22.3 Å². The van der Waals surface area contributed by atoms with Crippen molar-refractivity contribution in [1.82, 2.24) is 0 Å². The second-order valence-corrected chi connectivity index (χ2v) is 52.0. The van der Waals surface area contributed by atoms with Crippen LogP contribution in [0.15, 0.2) is 205 Å². The maximum atomic E-state index is 2.86. The molecule has 70 heavy (non-hydrogen) atoms. The normalized spacial score (nSPS) is 15.5. The van der Waals surface area contributed by atoms with E-state index >= 15 is 0 Å². The number of fused-ring (bicyclic) bond motifs is 6. The summed E-state index contributed by atoms with van der Waals surface area (Å²) >= 11 is -4.43. The topological polar surface area (TPSA) is 0 Å². The average Bonchev–Trinajstić information content (AvgIpc) is 3.99. The number of hydrogen-bond acceptors (Lipinski definition) is 0. The molecule has 0 N–H and O–H groups in total. The van der Waals surface area contributed by atoms with Crippen molar-refractivity contribution in [2.75, 3.05) is 0 Å². The van der Waals surface area contributed by atoms with Gasteiger partial charge in [0.1, 0.15) is 0 Å². The van der Waals surface area contributed by atoms with E-state index in [2.05, 4.69) is 250 Å². The second kappa shape index (κ2) is 18.2. The van der Waals surface area contributed by atoms with Gasteiger partial charge in [-0.1, -0.05) is 0 Å². The van der Waals surface area contributed by atoms with Gasteiger partial charge in [0.05, 0.1) is 0 Å². The summed E-state index contributed by atoms with van der Waals surface area (Å²) in [6.45, 7) is 12.4. The molecule has 0 amide bonds. The fraction of sp³-hybridized carbons (Fsp3) is 0.152. The van der Waals surface area contributed by atoms with Crippen molar-refractivity contribution >= 4 is 86.9 Å². The molecule has 4 heteroatoms. The van der Waals surface area contributed by atoms with Crippen molar-refractivity contribution in [3.63, 3.8) is 0 Å². The summed E-state index contributed by atoms with van der Waals surface area (Å²) in [5.41, 5.74) is 19.9. The van der Waals surface area contributed by atoms with E-state index < -0.39 is 17.4 Å². The zero-order chi connectivity index (χ0) is 46.5. The van der Waals surface area contributed by atoms with Crippen LogP contribution in [-0.4, -0.2) is 6.88 Å². The molecule has 0 saturated carbocycles. The Kier molecular flexibility index (Phi) is 12.5. The minimum Gasteiger partial charge on any atom is -0.147 e. The second-order valence-electron chi connectivity index (χ2n) is 21.5. The quantitative estimate of drug-likeness (QED) is 0.133. The van der Waals surface area contributed by atoms with Crippen molar-refractivity contribution in [1.29, 1.82) is 0 Å². The summed E-state index contributed by atoms with van der Waals surface area (Å²) in [6.07, 6.45) is 5.38. The van der Waals surface area contributed by atoms with Gasteiger partial charge in [-0.05, 0) is 0 Å². The molecule has 346 valence electrons. The first-order chi connectivity index (χ1) is 33.0. The summed E-state index contributed by atoms with van der Waals surface area (Å²) in [5.74, 6) is 0.718. The Morgan fingerprint density at radius 2 is 0.586 bits per heavy atom. The van der Waals surface area contributed by atoms with Crippen LogP contribution in [0.3, 0.4) is 0 Å². The Morgan fingerprint density at radius 1 is 0.329 bits per heavy atom. The molecule has 0 spiro atoms. The van der Waals surface area contributed by atoms with Crippen LogP contribution in [0.4, 0.5) is 0 Å². The van der Waals surface area contributed by atoms with Gasteiger partial charge in [-0.2, -0.15) is 0 Å². The van der Waals surface area contributed by atoms with Crippen molar-refractivity contribution in [2.45, 2.75) is 44.2 Å². The van der Waals surface area contributed by atoms with Gasteiger partial charge < -0.3 is 0 Å². The van der Waals surface area contributed by atoms with E-state index in [0.29, 0.717) is 11.8 Å². The summed E-state index contributed by atoms with van der Waals surface area (Å²) < 4.78 is 6.29. The van der Waals surface area contributed by atoms with E-state index in [0.717, 1.165) is 0 Å². The van der Waals surface area contributed by atoms with Crippen LogP contribution >= 0.6 is 24.8 Å². The molecule has 2 aliphatic rings. The van der Waals surface area contributed by atoms with Gasteiger partial charge in [0.15, 0.2) is 0 Å². The predicted octanol–water partition coefficient (Wildman–Crippen LogP) is 19.0. The summed E-state index contributed by atoms with van der Waals surface area (Å²) in [4.78, 5) is 0. The van der Waals surface area contributed by atoms with Crippen molar-refractivity contribution in [2.24, 2.45) is 11.8 Å². The van der Waals surface area contributed by atoms with E-state index in [4.69, 9.17) is 0 Å². The number of hydrogen-bond donors (Lipinski definition) is 0. The van der Waals surface area contributed by atoms with Crippen LogP contribution in [0.5, 0.6) is 0 Å². The molecule has 2 unspecified atom stereocenters. The standard InChI is InChI=1S/2C32H25.2CH3.2ClH.H2Si.Zr/c2*1-21(2)24-19-31-29(27-15-7-11-22-9-3-5-13-25(22)27)17-18-30(32(31)20-24)28-16-8-12-23-10-4-6-14-26(23)28;;;;;;/h2*3-21H,1-2H3;2*1H3;2*1H;1H2;. The molecule has 0 bridgehead atoms. The molecule has 0 aromatic heterocycles. The first-order valence-corrected chi connectivity index (χ1v) is 38.4. The Bertz CT molecular complexity index is 3600. The van der Waals surface area contributed by atoms with E-state index in [-0.39, 0.29) is 32.1 Å². The van der Waals surface area contributed by atoms with Crippen molar-refractivity contribution < 1.29 is 17.4 Å². The van der Waals surface area contributed by atoms with Crippen LogP contribution in [0.25, 0.3) is 99.7 Å². The van der Waals surface area contributed by atoms with E-state index in [1.807, 2.05) is 0 Å². The third kappa shape index (κ3) is 7.56. The molecule has 0 heterocycles. The van der Waals surface area contributed by atoms with Gasteiger partial charge >= 0.3 is 408 Å². The minimum atomic E-state index is -4.43. The SMILES string of the molecule is CC(C)C1=Cc2c(-c3cccc4ccccc34)ccc(-c3cccc4ccccc34)c2[CH]1[Zr]([CH3])([CH3])(=[SiH2])[CH]1C(C(C)C)=Cc2c(-c3cccc4ccccc34)ccc(-c3cccc4ccccc34)c21.Cl.Cl. The van der Waals surface area contributed by atoms with Gasteiger partial charge in [-0.3, -0.25) is 0 Å². The predicted molar refractivity (Wildman–Crippen MR) is 311 cm³/mol. The molecule has 12 rings (SSSR count). The molecule has 2 aliphatic carbocycles. The first-order valence-electron chi connectivity index (χ1n) is 24.7. The van der Waals surface area contributed by atoms with Crippen molar-refractivity contribution in [3.05, 3.63) is 228 Å². The van der Waals surface area contributed by atoms with Crippen LogP contribution in [0.1, 0.15) is 57.2 Å². The number of rotatable bonds is 8. The zero-order valence-electron chi connectivity index (χ0n) is 41.0. The number of halogens is 2. The molecule has 0 aliphatic heterocycles. The number of allylic oxidation sites excluding steroid dienone is 2. The molecule has 0 nitrogen and oxygen atoms in total. The molecule has 10 aromatic rings. The molecule has 0 fully saturated rings. The number of benzene rings is 10. The van der Waals surface area contributed by atoms with Crippen LogP contribution < -0.4 is 0 Å². The minimum absolute atomic E-state index is 0. The largest absolute Gasteiger partial charge is 0.147 e. The fourth-order valence-corrected chi connectivity index (χ4v) is 32.7. The van der Waals surface area contributed by atoms with Gasteiger partial charge in [-0.25, -0.2) is 0 Å². The molecule has 0 radical (unpaired) electrons. The Labute approximate surface area is 428 Å². The maximum absolute atomic E-state index is 4.43. The van der Waals surface area contributed by atoms with Crippen LogP contribution in [0.2, 0.25) is 9.26 Å². The zero-order valence-corrected chi connectivity index (χ0v) is 46.5. The molecular weight excluding hydrogens is 983 g/mol. The van der Waals surface area contributed by atoms with E-state index in [9.17, 15) is 0 Å². The first kappa shape index (κ1) is 48.0. The van der Waals surface area contributed by atoms with Gasteiger partial charge in [0.25, 0.3) is 0 Å². The molecular formula is C66H60Cl2SiZr. The molecule has 2 atom stereocenters. The fourth-order valence-electron chi connectivity index (χ4n) is 13.0. The van der Waals surface area contributed by atoms with Gasteiger partial charge in [-0.15, -0.1) is 24.8 Å². The summed E-state index contributed by atoms with van der Waals surface area (Å²) in [7, 11) is 0. The van der Waals surface area contributed by atoms with E-state index in [1.165, 1.54) is 98.7 Å². The van der Waals surface area contributed by atoms with Gasteiger partial charge in [0.2, 0.25) is 0 Å². The summed E-state index contributed by atoms with van der Waals surface area (Å²) in [6, 6.07) is 73.6. The average molecular weight is 1040 g/mol. The third-order valence-electron chi connectivity index (χ3n) is 16.0.